The Morgan fingerprint density at radius 2 is 1.83 bits per heavy atom. The van der Waals surface area contributed by atoms with E-state index < -0.39 is 0 Å². The molecule has 0 fully saturated rings. The summed E-state index contributed by atoms with van der Waals surface area (Å²) in [6, 6.07) is 16.3. The zero-order valence-corrected chi connectivity index (χ0v) is 13.4. The second-order valence-electron chi connectivity index (χ2n) is 4.50. The van der Waals surface area contributed by atoms with Gasteiger partial charge in [0.1, 0.15) is 0 Å². The summed E-state index contributed by atoms with van der Waals surface area (Å²) in [7, 11) is 0. The second-order valence-corrected chi connectivity index (χ2v) is 5.81. The number of benzene rings is 2. The monoisotopic (exact) mass is 342 g/mol. The fraction of sp³-hybridized carbons (Fsp3) is 0. The quantitative estimate of drug-likeness (QED) is 0.401. The first kappa shape index (κ1) is 15.5. The van der Waals surface area contributed by atoms with Gasteiger partial charge in [-0.1, -0.05) is 41.6 Å². The lowest BCUT2D eigenvalue weighted by Gasteiger charge is -2.01. The highest BCUT2D eigenvalue weighted by Crippen LogP contribution is 2.19. The number of carbonyl (C=O) groups excluding carboxylic acids is 1. The summed E-state index contributed by atoms with van der Waals surface area (Å²) in [6.07, 6.45) is 1.48. The van der Waals surface area contributed by atoms with Gasteiger partial charge >= 0.3 is 0 Å². The van der Waals surface area contributed by atoms with Crippen LogP contribution in [0.4, 0.5) is 0 Å². The highest BCUT2D eigenvalue weighted by atomic mass is 35.5. The zero-order valence-electron chi connectivity index (χ0n) is 11.8. The van der Waals surface area contributed by atoms with Gasteiger partial charge in [-0.2, -0.15) is 4.68 Å². The number of para-hydroxylation sites is 1. The first-order valence-electron chi connectivity index (χ1n) is 6.71. The lowest BCUT2D eigenvalue weighted by Crippen LogP contribution is -1.98. The van der Waals surface area contributed by atoms with Gasteiger partial charge in [0.2, 0.25) is 5.16 Å². The number of rotatable bonds is 5. The predicted molar refractivity (Wildman–Crippen MR) is 89.9 cm³/mol. The molecule has 2 aromatic carbocycles. The largest absolute Gasteiger partial charge is 0.289 e. The van der Waals surface area contributed by atoms with Crippen molar-refractivity contribution in [2.45, 2.75) is 5.16 Å². The summed E-state index contributed by atoms with van der Waals surface area (Å²) in [5.74, 6) is -0.104. The molecule has 0 aliphatic heterocycles. The third kappa shape index (κ3) is 3.85. The van der Waals surface area contributed by atoms with Gasteiger partial charge in [-0.05, 0) is 58.3 Å². The van der Waals surface area contributed by atoms with Crippen molar-refractivity contribution in [3.63, 3.8) is 0 Å². The summed E-state index contributed by atoms with van der Waals surface area (Å²) in [5.41, 5.74) is 1.44. The van der Waals surface area contributed by atoms with Crippen molar-refractivity contribution in [3.8, 4) is 5.69 Å². The number of ketones is 1. The van der Waals surface area contributed by atoms with Crippen LogP contribution in [0.3, 0.4) is 0 Å². The van der Waals surface area contributed by atoms with Gasteiger partial charge in [0.25, 0.3) is 0 Å². The molecular weight excluding hydrogens is 332 g/mol. The van der Waals surface area contributed by atoms with Crippen molar-refractivity contribution < 1.29 is 4.79 Å². The third-order valence-electron chi connectivity index (χ3n) is 2.96. The van der Waals surface area contributed by atoms with E-state index in [1.165, 1.54) is 17.8 Å². The van der Waals surface area contributed by atoms with Crippen molar-refractivity contribution in [1.82, 2.24) is 20.2 Å². The molecule has 0 N–H and O–H groups in total. The minimum absolute atomic E-state index is 0.104. The van der Waals surface area contributed by atoms with E-state index >= 15 is 0 Å². The molecule has 1 aromatic heterocycles. The number of hydrogen-bond donors (Lipinski definition) is 0. The average molecular weight is 343 g/mol. The topological polar surface area (TPSA) is 60.7 Å². The number of thioether (sulfide) groups is 1. The molecule has 0 saturated carbocycles. The van der Waals surface area contributed by atoms with E-state index in [0.717, 1.165) is 5.69 Å². The lowest BCUT2D eigenvalue weighted by atomic mass is 10.1. The van der Waals surface area contributed by atoms with Gasteiger partial charge in [-0.3, -0.25) is 4.79 Å². The highest BCUT2D eigenvalue weighted by Gasteiger charge is 2.07. The Hall–Kier alpha value is -2.44. The lowest BCUT2D eigenvalue weighted by molar-refractivity contribution is 0.104. The molecule has 3 aromatic rings. The molecule has 0 amide bonds. The Bertz CT molecular complexity index is 831. The summed E-state index contributed by atoms with van der Waals surface area (Å²) >= 11 is 7.08. The average Bonchev–Trinajstić information content (AvgIpc) is 3.05. The van der Waals surface area contributed by atoms with Crippen LogP contribution in [0, 0.1) is 0 Å². The molecule has 114 valence electrons. The number of tetrazole rings is 1. The van der Waals surface area contributed by atoms with E-state index in [9.17, 15) is 4.79 Å². The second kappa shape index (κ2) is 7.21. The van der Waals surface area contributed by atoms with E-state index in [-0.39, 0.29) is 5.78 Å². The van der Waals surface area contributed by atoms with E-state index in [1.807, 2.05) is 30.3 Å². The van der Waals surface area contributed by atoms with Gasteiger partial charge in [-0.25, -0.2) is 0 Å². The molecule has 7 heteroatoms. The van der Waals surface area contributed by atoms with Crippen LogP contribution in [-0.2, 0) is 0 Å². The standard InChI is InChI=1S/C16H11ClN4OS/c17-13-8-6-12(7-9-13)15(22)10-11-23-16-18-19-20-21(16)14-4-2-1-3-5-14/h1-11H/b11-10-. The maximum Gasteiger partial charge on any atom is 0.218 e. The molecule has 0 aliphatic carbocycles. The van der Waals surface area contributed by atoms with Crippen LogP contribution < -0.4 is 0 Å². The molecule has 0 radical (unpaired) electrons. The van der Waals surface area contributed by atoms with Crippen molar-refractivity contribution in [2.75, 3.05) is 0 Å². The number of aromatic nitrogens is 4. The molecule has 5 nitrogen and oxygen atoms in total. The first-order valence-corrected chi connectivity index (χ1v) is 7.97. The predicted octanol–water partition coefficient (Wildman–Crippen LogP) is 3.80. The third-order valence-corrected chi connectivity index (χ3v) is 3.95. The molecule has 0 bridgehead atoms. The van der Waals surface area contributed by atoms with E-state index in [4.69, 9.17) is 11.6 Å². The normalized spacial score (nSPS) is 11.0. The summed E-state index contributed by atoms with van der Waals surface area (Å²) in [5, 5.41) is 14.4. The summed E-state index contributed by atoms with van der Waals surface area (Å²) in [6.45, 7) is 0. The van der Waals surface area contributed by atoms with Crippen LogP contribution in [-0.4, -0.2) is 26.0 Å². The van der Waals surface area contributed by atoms with Crippen LogP contribution in [0.25, 0.3) is 5.69 Å². The van der Waals surface area contributed by atoms with Gasteiger partial charge < -0.3 is 0 Å². The molecule has 1 heterocycles. The molecule has 0 atom stereocenters. The smallest absolute Gasteiger partial charge is 0.218 e. The first-order chi connectivity index (χ1) is 11.2. The van der Waals surface area contributed by atoms with Crippen LogP contribution in [0.15, 0.2) is 71.2 Å². The van der Waals surface area contributed by atoms with Crippen molar-refractivity contribution in [3.05, 3.63) is 76.7 Å². The van der Waals surface area contributed by atoms with Gasteiger partial charge in [0, 0.05) is 10.6 Å². The Morgan fingerprint density at radius 1 is 1.09 bits per heavy atom. The maximum absolute atomic E-state index is 12.0. The molecule has 0 saturated heterocycles. The fourth-order valence-corrected chi connectivity index (χ4v) is 2.62. The van der Waals surface area contributed by atoms with Gasteiger partial charge in [0.05, 0.1) is 5.69 Å². The minimum Gasteiger partial charge on any atom is -0.289 e. The van der Waals surface area contributed by atoms with Crippen LogP contribution in [0.2, 0.25) is 5.02 Å². The number of allylic oxidation sites excluding steroid dienone is 1. The van der Waals surface area contributed by atoms with E-state index in [0.29, 0.717) is 15.7 Å². The van der Waals surface area contributed by atoms with Crippen molar-refractivity contribution in [2.24, 2.45) is 0 Å². The number of hydrogen-bond acceptors (Lipinski definition) is 5. The summed E-state index contributed by atoms with van der Waals surface area (Å²) < 4.78 is 1.61. The Balaban J connectivity index is 1.70. The van der Waals surface area contributed by atoms with Crippen molar-refractivity contribution >= 4 is 29.1 Å². The Labute approximate surface area is 142 Å². The molecule has 0 spiro atoms. The Kier molecular flexibility index (Phi) is 4.85. The zero-order chi connectivity index (χ0) is 16.1. The van der Waals surface area contributed by atoms with Crippen LogP contribution in [0.1, 0.15) is 10.4 Å². The van der Waals surface area contributed by atoms with Gasteiger partial charge in [0.15, 0.2) is 5.78 Å². The summed E-state index contributed by atoms with van der Waals surface area (Å²) in [4.78, 5) is 12.0. The van der Waals surface area contributed by atoms with E-state index in [2.05, 4.69) is 15.5 Å². The number of carbonyl (C=O) groups is 1. The number of nitrogens with zero attached hydrogens (tertiary/aromatic N) is 4. The molecule has 0 unspecified atom stereocenters. The van der Waals surface area contributed by atoms with Crippen LogP contribution in [0.5, 0.6) is 0 Å². The molecule has 23 heavy (non-hydrogen) atoms. The minimum atomic E-state index is -0.104. The Morgan fingerprint density at radius 3 is 2.57 bits per heavy atom. The molecule has 3 rings (SSSR count). The number of halogens is 1. The van der Waals surface area contributed by atoms with Gasteiger partial charge in [-0.15, -0.1) is 5.10 Å². The van der Waals surface area contributed by atoms with Crippen molar-refractivity contribution in [1.29, 1.82) is 0 Å². The van der Waals surface area contributed by atoms with Crippen LogP contribution >= 0.6 is 23.4 Å². The molecule has 0 aliphatic rings. The maximum atomic E-state index is 12.0. The SMILES string of the molecule is O=C(/C=C\Sc1nnnn1-c1ccccc1)c1ccc(Cl)cc1. The molecular formula is C16H11ClN4OS. The fourth-order valence-electron chi connectivity index (χ4n) is 1.85. The highest BCUT2D eigenvalue weighted by molar-refractivity contribution is 8.02. The van der Waals surface area contributed by atoms with E-state index in [1.54, 1.807) is 34.4 Å².